The van der Waals surface area contributed by atoms with Crippen LogP contribution in [0.25, 0.3) is 0 Å². The van der Waals surface area contributed by atoms with E-state index in [0.29, 0.717) is 26.1 Å². The molecule has 1 unspecified atom stereocenters. The van der Waals surface area contributed by atoms with Gasteiger partial charge in [0.15, 0.2) is 5.11 Å². The zero-order chi connectivity index (χ0) is 19.5. The van der Waals surface area contributed by atoms with Gasteiger partial charge in [-0.1, -0.05) is 40.0 Å². The second-order valence-corrected chi connectivity index (χ2v) is 7.33. The van der Waals surface area contributed by atoms with Gasteiger partial charge in [-0.05, 0) is 24.6 Å². The van der Waals surface area contributed by atoms with Gasteiger partial charge in [-0.25, -0.2) is 0 Å². The molecule has 1 aliphatic rings. The first kappa shape index (κ1) is 22.3. The highest BCUT2D eigenvalue weighted by molar-refractivity contribution is 7.80. The second kappa shape index (κ2) is 11.8. The number of amides is 2. The Hall–Kier alpha value is -1.70. The molecule has 0 bridgehead atoms. The Morgan fingerprint density at radius 1 is 1.35 bits per heavy atom. The number of carbonyl (C=O) groups excluding carboxylic acids is 3. The summed E-state index contributed by atoms with van der Waals surface area (Å²) in [6.45, 7) is 7.18. The molecule has 1 heterocycles. The Morgan fingerprint density at radius 2 is 2.08 bits per heavy atom. The summed E-state index contributed by atoms with van der Waals surface area (Å²) in [7, 11) is 0. The second-order valence-electron chi connectivity index (χ2n) is 6.95. The number of unbranched alkanes of at least 4 members (excludes halogenated alkanes) is 3. The smallest absolute Gasteiger partial charge is 0.308 e. The molecule has 2 amide bonds. The molecule has 0 aromatic rings. The normalized spacial score (nSPS) is 17.0. The average molecular weight is 386 g/mol. The number of hydrogen-bond acceptors (Lipinski definition) is 5. The molecule has 1 fully saturated rings. The van der Waals surface area contributed by atoms with Crippen molar-refractivity contribution in [2.24, 2.45) is 5.92 Å². The molecule has 2 N–H and O–H groups in total. The first-order valence-electron chi connectivity index (χ1n) is 9.38. The molecular formula is C18H31N3O4S. The number of piperazine rings is 1. The van der Waals surface area contributed by atoms with Crippen molar-refractivity contribution in [3.8, 4) is 0 Å². The van der Waals surface area contributed by atoms with Gasteiger partial charge < -0.3 is 20.3 Å². The number of ether oxygens (including phenoxy) is 1. The predicted octanol–water partition coefficient (Wildman–Crippen LogP) is 1.75. The van der Waals surface area contributed by atoms with Crippen LogP contribution in [0.2, 0.25) is 0 Å². The van der Waals surface area contributed by atoms with Crippen LogP contribution in [-0.2, 0) is 19.1 Å². The maximum atomic E-state index is 12.2. The molecule has 26 heavy (non-hydrogen) atoms. The van der Waals surface area contributed by atoms with E-state index in [4.69, 9.17) is 17.0 Å². The highest BCUT2D eigenvalue weighted by atomic mass is 32.1. The molecule has 148 valence electrons. The maximum Gasteiger partial charge on any atom is 0.308 e. The first-order valence-corrected chi connectivity index (χ1v) is 9.79. The van der Waals surface area contributed by atoms with Gasteiger partial charge in [-0.15, -0.1) is 0 Å². The number of nitrogens with zero attached hydrogens (tertiary/aromatic N) is 1. The van der Waals surface area contributed by atoms with Gasteiger partial charge in [-0.3, -0.25) is 14.4 Å². The topological polar surface area (TPSA) is 87.7 Å². The number of esters is 1. The van der Waals surface area contributed by atoms with Crippen LogP contribution in [0.1, 0.15) is 59.3 Å². The number of nitrogens with one attached hydrogen (secondary N) is 2. The molecule has 1 aliphatic heterocycles. The minimum Gasteiger partial charge on any atom is -0.465 e. The lowest BCUT2D eigenvalue weighted by Crippen LogP contribution is -2.60. The molecule has 1 saturated heterocycles. The van der Waals surface area contributed by atoms with Crippen LogP contribution in [0.15, 0.2) is 0 Å². The molecule has 0 saturated carbocycles. The third-order valence-corrected chi connectivity index (χ3v) is 4.37. The SMILES string of the molecule is CCCCCCC(=O)NC(=S)N1CCNC(=O)C1CC(=O)OCC(C)C. The molecule has 8 heteroatoms. The summed E-state index contributed by atoms with van der Waals surface area (Å²) in [6, 6.07) is -0.753. The molecular weight excluding hydrogens is 354 g/mol. The highest BCUT2D eigenvalue weighted by Crippen LogP contribution is 2.11. The zero-order valence-electron chi connectivity index (χ0n) is 16.0. The predicted molar refractivity (Wildman–Crippen MR) is 103 cm³/mol. The van der Waals surface area contributed by atoms with Crippen LogP contribution in [0, 0.1) is 5.92 Å². The van der Waals surface area contributed by atoms with Crippen LogP contribution < -0.4 is 10.6 Å². The van der Waals surface area contributed by atoms with Gasteiger partial charge in [0.25, 0.3) is 0 Å². The van der Waals surface area contributed by atoms with Crippen LogP contribution >= 0.6 is 12.2 Å². The first-order chi connectivity index (χ1) is 12.3. The van der Waals surface area contributed by atoms with Gasteiger partial charge in [0.05, 0.1) is 13.0 Å². The van der Waals surface area contributed by atoms with E-state index >= 15 is 0 Å². The van der Waals surface area contributed by atoms with E-state index in [1.165, 1.54) is 0 Å². The molecule has 0 aromatic heterocycles. The van der Waals surface area contributed by atoms with Crippen molar-refractivity contribution in [1.29, 1.82) is 0 Å². The van der Waals surface area contributed by atoms with Crippen molar-refractivity contribution >= 4 is 35.1 Å². The molecule has 1 rings (SSSR count). The van der Waals surface area contributed by atoms with Crippen molar-refractivity contribution in [2.75, 3.05) is 19.7 Å². The largest absolute Gasteiger partial charge is 0.465 e. The molecule has 0 spiro atoms. The van der Waals surface area contributed by atoms with Crippen molar-refractivity contribution in [1.82, 2.24) is 15.5 Å². The van der Waals surface area contributed by atoms with Gasteiger partial charge in [-0.2, -0.15) is 0 Å². The maximum absolute atomic E-state index is 12.2. The lowest BCUT2D eigenvalue weighted by molar-refractivity contribution is -0.148. The monoisotopic (exact) mass is 385 g/mol. The summed E-state index contributed by atoms with van der Waals surface area (Å²) in [4.78, 5) is 37.8. The van der Waals surface area contributed by atoms with E-state index < -0.39 is 12.0 Å². The molecule has 0 aromatic carbocycles. The van der Waals surface area contributed by atoms with Crippen LogP contribution in [0.3, 0.4) is 0 Å². The molecule has 0 radical (unpaired) electrons. The quantitative estimate of drug-likeness (QED) is 0.357. The fraction of sp³-hybridized carbons (Fsp3) is 0.778. The van der Waals surface area contributed by atoms with E-state index in [2.05, 4.69) is 17.6 Å². The molecule has 0 aliphatic carbocycles. The fourth-order valence-corrected chi connectivity index (χ4v) is 2.94. The summed E-state index contributed by atoms with van der Waals surface area (Å²) in [5.74, 6) is -0.654. The minimum absolute atomic E-state index is 0.0922. The van der Waals surface area contributed by atoms with Crippen molar-refractivity contribution < 1.29 is 19.1 Å². The lowest BCUT2D eigenvalue weighted by atomic mass is 10.1. The van der Waals surface area contributed by atoms with E-state index in [9.17, 15) is 14.4 Å². The van der Waals surface area contributed by atoms with Gasteiger partial charge in [0, 0.05) is 19.5 Å². The Kier molecular flexibility index (Phi) is 10.2. The van der Waals surface area contributed by atoms with Gasteiger partial charge in [0.2, 0.25) is 11.8 Å². The fourth-order valence-electron chi connectivity index (χ4n) is 2.60. The Balaban J connectivity index is 2.56. The molecule has 7 nitrogen and oxygen atoms in total. The third-order valence-electron chi connectivity index (χ3n) is 4.03. The zero-order valence-corrected chi connectivity index (χ0v) is 16.8. The van der Waals surface area contributed by atoms with E-state index in [1.54, 1.807) is 4.90 Å². The van der Waals surface area contributed by atoms with E-state index in [-0.39, 0.29) is 29.3 Å². The van der Waals surface area contributed by atoms with Crippen LogP contribution in [0.4, 0.5) is 0 Å². The lowest BCUT2D eigenvalue weighted by Gasteiger charge is -2.36. The Bertz CT molecular complexity index is 511. The Morgan fingerprint density at radius 3 is 2.73 bits per heavy atom. The van der Waals surface area contributed by atoms with Gasteiger partial charge >= 0.3 is 5.97 Å². The van der Waals surface area contributed by atoms with E-state index in [1.807, 2.05) is 13.8 Å². The van der Waals surface area contributed by atoms with Crippen molar-refractivity contribution in [3.63, 3.8) is 0 Å². The number of thiocarbonyl (C=S) groups is 1. The van der Waals surface area contributed by atoms with Crippen molar-refractivity contribution in [2.45, 2.75) is 65.3 Å². The average Bonchev–Trinajstić information content (AvgIpc) is 2.58. The molecule has 1 atom stereocenters. The summed E-state index contributed by atoms with van der Waals surface area (Å²) in [5, 5.41) is 5.61. The third kappa shape index (κ3) is 8.12. The number of carbonyl (C=O) groups is 3. The number of hydrogen-bond donors (Lipinski definition) is 2. The van der Waals surface area contributed by atoms with Crippen LogP contribution in [0.5, 0.6) is 0 Å². The summed E-state index contributed by atoms with van der Waals surface area (Å²) < 4.78 is 5.16. The summed E-state index contributed by atoms with van der Waals surface area (Å²) >= 11 is 5.30. The van der Waals surface area contributed by atoms with E-state index in [0.717, 1.165) is 25.7 Å². The van der Waals surface area contributed by atoms with Crippen molar-refractivity contribution in [3.05, 3.63) is 0 Å². The standard InChI is InChI=1S/C18H31N3O4S/c1-4-5-6-7-8-15(22)20-18(26)21-10-9-19-17(24)14(21)11-16(23)25-12-13(2)3/h13-14H,4-12H2,1-3H3,(H,19,24)(H,20,22,26). The Labute approximate surface area is 161 Å². The number of rotatable bonds is 9. The highest BCUT2D eigenvalue weighted by Gasteiger charge is 2.34. The summed E-state index contributed by atoms with van der Waals surface area (Å²) in [5.41, 5.74) is 0. The summed E-state index contributed by atoms with van der Waals surface area (Å²) in [6.07, 6.45) is 4.34. The minimum atomic E-state index is -0.753. The van der Waals surface area contributed by atoms with Crippen LogP contribution in [-0.4, -0.2) is 53.5 Å². The van der Waals surface area contributed by atoms with Gasteiger partial charge in [0.1, 0.15) is 6.04 Å².